The number of carbonyl (C=O) groups excluding carboxylic acids is 1. The van der Waals surface area contributed by atoms with Crippen molar-refractivity contribution < 1.29 is 9.18 Å². The lowest BCUT2D eigenvalue weighted by Crippen LogP contribution is -2.33. The average Bonchev–Trinajstić information content (AvgIpc) is 3.27. The van der Waals surface area contributed by atoms with Crippen LogP contribution in [-0.4, -0.2) is 30.6 Å². The highest BCUT2D eigenvalue weighted by atomic mass is 19.1. The number of halogens is 1. The molecule has 3 aromatic rings. The van der Waals surface area contributed by atoms with Gasteiger partial charge in [0, 0.05) is 19.2 Å². The lowest BCUT2D eigenvalue weighted by atomic mass is 10.0. The minimum absolute atomic E-state index is 0.313. The largest absolute Gasteiger partial charge is 0.328 e. The maximum atomic E-state index is 13.3. The van der Waals surface area contributed by atoms with E-state index in [9.17, 15) is 9.18 Å². The Bertz CT molecular complexity index is 961. The third kappa shape index (κ3) is 3.88. The second-order valence-corrected chi connectivity index (χ2v) is 6.41. The summed E-state index contributed by atoms with van der Waals surface area (Å²) < 4.78 is 16.7. The van der Waals surface area contributed by atoms with Crippen molar-refractivity contribution in [1.29, 1.82) is 0 Å². The molecule has 2 aromatic heterocycles. The average molecular weight is 385 g/mol. The highest BCUT2D eigenvalue weighted by molar-refractivity contribution is 5.94. The van der Waals surface area contributed by atoms with Crippen molar-refractivity contribution in [3.8, 4) is 11.1 Å². The van der Waals surface area contributed by atoms with Crippen LogP contribution in [-0.2, 0) is 20.0 Å². The van der Waals surface area contributed by atoms with Crippen LogP contribution >= 0.6 is 0 Å². The Balaban J connectivity index is 1.84. The Morgan fingerprint density at radius 1 is 1.25 bits per heavy atom. The van der Waals surface area contributed by atoms with Crippen LogP contribution in [0.2, 0.25) is 0 Å². The van der Waals surface area contributed by atoms with Crippen molar-refractivity contribution in [1.82, 2.24) is 29.9 Å². The van der Waals surface area contributed by atoms with Gasteiger partial charge in [-0.05, 0) is 38.0 Å². The molecule has 0 fully saturated rings. The van der Waals surface area contributed by atoms with Gasteiger partial charge < -0.3 is 5.32 Å². The van der Waals surface area contributed by atoms with E-state index in [1.54, 1.807) is 28.5 Å². The van der Waals surface area contributed by atoms with Crippen molar-refractivity contribution in [2.45, 2.75) is 39.8 Å². The smallest absolute Gasteiger partial charge is 0.320 e. The van der Waals surface area contributed by atoms with Crippen molar-refractivity contribution in [2.24, 2.45) is 7.05 Å². The molecule has 2 amide bonds. The van der Waals surface area contributed by atoms with Crippen LogP contribution < -0.4 is 10.6 Å². The van der Waals surface area contributed by atoms with E-state index in [2.05, 4.69) is 25.8 Å². The third-order valence-electron chi connectivity index (χ3n) is 4.50. The number of urea groups is 1. The number of anilines is 1. The van der Waals surface area contributed by atoms with E-state index < -0.39 is 0 Å². The van der Waals surface area contributed by atoms with Gasteiger partial charge in [-0.1, -0.05) is 19.1 Å². The molecule has 0 saturated carbocycles. The molecular weight excluding hydrogens is 361 g/mol. The Morgan fingerprint density at radius 3 is 2.61 bits per heavy atom. The molecule has 2 N–H and O–H groups in total. The molecule has 9 heteroatoms. The molecule has 1 unspecified atom stereocenters. The normalized spacial score (nSPS) is 12.0. The number of nitrogens with one attached hydrogen (secondary N) is 2. The minimum atomic E-state index is -0.382. The highest BCUT2D eigenvalue weighted by Crippen LogP contribution is 2.32. The molecule has 3 rings (SSSR count). The quantitative estimate of drug-likeness (QED) is 0.681. The lowest BCUT2D eigenvalue weighted by molar-refractivity contribution is 0.248. The molecule has 2 heterocycles. The summed E-state index contributed by atoms with van der Waals surface area (Å²) in [4.78, 5) is 16.8. The molecule has 0 aliphatic carbocycles. The van der Waals surface area contributed by atoms with E-state index in [1.165, 1.54) is 18.5 Å². The van der Waals surface area contributed by atoms with E-state index in [-0.39, 0.29) is 17.9 Å². The number of amides is 2. The summed E-state index contributed by atoms with van der Waals surface area (Å²) in [5.74, 6) is 0.910. The van der Waals surface area contributed by atoms with Gasteiger partial charge in [-0.15, -0.1) is 0 Å². The SMILES string of the molecule is CCc1nn(C)c(NC(=O)NC(C)c2ncnn2CC)c1-c1ccc(F)cc1. The fraction of sp³-hybridized carbons (Fsp3) is 0.368. The van der Waals surface area contributed by atoms with Gasteiger partial charge in [0.25, 0.3) is 0 Å². The Hall–Kier alpha value is -3.23. The van der Waals surface area contributed by atoms with E-state index in [4.69, 9.17) is 0 Å². The number of carbonyl (C=O) groups is 1. The standard InChI is InChI=1S/C19H24FN7O/c1-5-15-16(13-7-9-14(20)10-8-13)18(26(4)25-15)24-19(28)23-12(3)17-21-11-22-27(17)6-2/h7-12H,5-6H2,1-4H3,(H2,23,24,28). The minimum Gasteiger partial charge on any atom is -0.328 e. The summed E-state index contributed by atoms with van der Waals surface area (Å²) >= 11 is 0. The lowest BCUT2D eigenvalue weighted by Gasteiger charge is -2.15. The Kier molecular flexibility index (Phi) is 5.72. The summed E-state index contributed by atoms with van der Waals surface area (Å²) in [5, 5.41) is 14.4. The number of benzene rings is 1. The summed E-state index contributed by atoms with van der Waals surface area (Å²) in [6.07, 6.45) is 2.15. The van der Waals surface area contributed by atoms with Crippen LogP contribution in [0.5, 0.6) is 0 Å². The van der Waals surface area contributed by atoms with E-state index in [0.717, 1.165) is 16.8 Å². The number of rotatable bonds is 6. The number of aryl methyl sites for hydroxylation is 3. The second-order valence-electron chi connectivity index (χ2n) is 6.41. The fourth-order valence-corrected chi connectivity index (χ4v) is 3.15. The number of hydrogen-bond donors (Lipinski definition) is 2. The first kappa shape index (κ1) is 19.5. The van der Waals surface area contributed by atoms with Crippen molar-refractivity contribution in [3.63, 3.8) is 0 Å². The fourth-order valence-electron chi connectivity index (χ4n) is 3.15. The molecule has 0 saturated heterocycles. The van der Waals surface area contributed by atoms with Gasteiger partial charge in [-0.3, -0.25) is 10.00 Å². The van der Waals surface area contributed by atoms with Gasteiger partial charge in [0.05, 0.1) is 11.7 Å². The van der Waals surface area contributed by atoms with Gasteiger partial charge >= 0.3 is 6.03 Å². The number of hydrogen-bond acceptors (Lipinski definition) is 4. The summed E-state index contributed by atoms with van der Waals surface area (Å²) in [6, 6.07) is 5.45. The number of aromatic nitrogens is 5. The maximum absolute atomic E-state index is 13.3. The molecule has 0 spiro atoms. The molecule has 0 aliphatic heterocycles. The van der Waals surface area contributed by atoms with Gasteiger partial charge in [0.2, 0.25) is 0 Å². The van der Waals surface area contributed by atoms with Crippen molar-refractivity contribution in [2.75, 3.05) is 5.32 Å². The Morgan fingerprint density at radius 2 is 1.96 bits per heavy atom. The third-order valence-corrected chi connectivity index (χ3v) is 4.50. The maximum Gasteiger partial charge on any atom is 0.320 e. The zero-order valence-electron chi connectivity index (χ0n) is 16.4. The van der Waals surface area contributed by atoms with Crippen molar-refractivity contribution >= 4 is 11.8 Å². The predicted molar refractivity (Wildman–Crippen MR) is 104 cm³/mol. The molecule has 148 valence electrons. The zero-order valence-corrected chi connectivity index (χ0v) is 16.4. The van der Waals surface area contributed by atoms with Crippen LogP contribution in [0.3, 0.4) is 0 Å². The molecular formula is C19H24FN7O. The second kappa shape index (κ2) is 8.20. The Labute approximate surface area is 162 Å². The summed E-state index contributed by atoms with van der Waals surface area (Å²) in [5.41, 5.74) is 2.40. The van der Waals surface area contributed by atoms with E-state index in [0.29, 0.717) is 24.6 Å². The first-order valence-electron chi connectivity index (χ1n) is 9.21. The van der Waals surface area contributed by atoms with Crippen LogP contribution in [0.1, 0.15) is 38.3 Å². The monoisotopic (exact) mass is 385 g/mol. The van der Waals surface area contributed by atoms with Gasteiger partial charge in [-0.2, -0.15) is 10.2 Å². The van der Waals surface area contributed by atoms with Crippen LogP contribution in [0.15, 0.2) is 30.6 Å². The van der Waals surface area contributed by atoms with Crippen LogP contribution in [0.4, 0.5) is 15.0 Å². The number of nitrogens with zero attached hydrogens (tertiary/aromatic N) is 5. The topological polar surface area (TPSA) is 89.7 Å². The molecule has 28 heavy (non-hydrogen) atoms. The van der Waals surface area contributed by atoms with Crippen molar-refractivity contribution in [3.05, 3.63) is 47.9 Å². The van der Waals surface area contributed by atoms with Gasteiger partial charge in [-0.25, -0.2) is 18.9 Å². The molecule has 0 bridgehead atoms. The molecule has 8 nitrogen and oxygen atoms in total. The van der Waals surface area contributed by atoms with Crippen LogP contribution in [0, 0.1) is 5.82 Å². The molecule has 1 aromatic carbocycles. The van der Waals surface area contributed by atoms with E-state index in [1.807, 2.05) is 20.8 Å². The molecule has 0 radical (unpaired) electrons. The van der Waals surface area contributed by atoms with Gasteiger partial charge in [0.1, 0.15) is 23.8 Å². The van der Waals surface area contributed by atoms with Gasteiger partial charge in [0.15, 0.2) is 0 Å². The van der Waals surface area contributed by atoms with E-state index >= 15 is 0 Å². The molecule has 0 aliphatic rings. The first-order chi connectivity index (χ1) is 13.4. The molecule has 1 atom stereocenters. The zero-order chi connectivity index (χ0) is 20.3. The van der Waals surface area contributed by atoms with Crippen LogP contribution in [0.25, 0.3) is 11.1 Å². The summed E-state index contributed by atoms with van der Waals surface area (Å²) in [6.45, 7) is 6.46. The summed E-state index contributed by atoms with van der Waals surface area (Å²) in [7, 11) is 1.76. The highest BCUT2D eigenvalue weighted by Gasteiger charge is 2.21. The first-order valence-corrected chi connectivity index (χ1v) is 9.21. The predicted octanol–water partition coefficient (Wildman–Crippen LogP) is 3.28.